The minimum absolute atomic E-state index is 0.00741. The topological polar surface area (TPSA) is 69.7 Å². The van der Waals surface area contributed by atoms with Crippen LogP contribution in [0.4, 0.5) is 0 Å². The molecule has 5 nitrogen and oxygen atoms in total. The zero-order chi connectivity index (χ0) is 20.6. The summed E-state index contributed by atoms with van der Waals surface area (Å²) in [5.74, 6) is 0.747. The van der Waals surface area contributed by atoms with E-state index in [0.717, 1.165) is 44.1 Å². The molecule has 0 bridgehead atoms. The molecule has 5 rings (SSSR count). The maximum absolute atomic E-state index is 12.9. The average Bonchev–Trinajstić information content (AvgIpc) is 3.22. The van der Waals surface area contributed by atoms with Crippen LogP contribution in [0.5, 0.6) is 0 Å². The SMILES string of the molecule is COC(=O)[C@@H]1CC2=CC(=O)CCC2(C)C2CCC3(C)C(CC[C@@]34CCC(=O)O4)C21. The molecule has 0 N–H and O–H groups in total. The number of fused-ring (bicyclic) bond motifs is 6. The minimum atomic E-state index is -0.347. The second kappa shape index (κ2) is 6.18. The molecule has 3 saturated carbocycles. The first-order chi connectivity index (χ1) is 13.7. The smallest absolute Gasteiger partial charge is 0.309 e. The Bertz CT molecular complexity index is 814. The fourth-order valence-electron chi connectivity index (χ4n) is 8.25. The third kappa shape index (κ3) is 2.42. The molecule has 0 aromatic heterocycles. The Morgan fingerprint density at radius 2 is 1.83 bits per heavy atom. The van der Waals surface area contributed by atoms with Gasteiger partial charge >= 0.3 is 11.9 Å². The third-order valence-electron chi connectivity index (χ3n) is 9.85. The van der Waals surface area contributed by atoms with E-state index in [1.54, 1.807) is 0 Å². The van der Waals surface area contributed by atoms with Crippen molar-refractivity contribution in [2.45, 2.75) is 77.2 Å². The third-order valence-corrected chi connectivity index (χ3v) is 9.85. The number of ether oxygens (including phenoxy) is 2. The molecule has 5 aliphatic rings. The van der Waals surface area contributed by atoms with Gasteiger partial charge in [0, 0.05) is 18.3 Å². The number of hydrogen-bond donors (Lipinski definition) is 0. The number of methoxy groups -OCH3 is 1. The summed E-state index contributed by atoms with van der Waals surface area (Å²) >= 11 is 0. The monoisotopic (exact) mass is 400 g/mol. The van der Waals surface area contributed by atoms with E-state index >= 15 is 0 Å². The van der Waals surface area contributed by atoms with E-state index in [4.69, 9.17) is 9.47 Å². The molecule has 5 unspecified atom stereocenters. The van der Waals surface area contributed by atoms with Crippen LogP contribution in [0.3, 0.4) is 0 Å². The van der Waals surface area contributed by atoms with Crippen LogP contribution in [0.2, 0.25) is 0 Å². The van der Waals surface area contributed by atoms with Crippen molar-refractivity contribution in [3.63, 3.8) is 0 Å². The molecule has 158 valence electrons. The lowest BCUT2D eigenvalue weighted by atomic mass is 9.44. The molecule has 1 saturated heterocycles. The quantitative estimate of drug-likeness (QED) is 0.623. The summed E-state index contributed by atoms with van der Waals surface area (Å²) in [6, 6.07) is 0. The van der Waals surface area contributed by atoms with Crippen LogP contribution in [0.1, 0.15) is 71.6 Å². The van der Waals surface area contributed by atoms with E-state index in [1.807, 2.05) is 6.08 Å². The minimum Gasteiger partial charge on any atom is -0.469 e. The fraction of sp³-hybridized carbons (Fsp3) is 0.792. The van der Waals surface area contributed by atoms with Crippen LogP contribution >= 0.6 is 0 Å². The highest BCUT2D eigenvalue weighted by Crippen LogP contribution is 2.70. The summed E-state index contributed by atoms with van der Waals surface area (Å²) < 4.78 is 11.3. The van der Waals surface area contributed by atoms with Gasteiger partial charge in [0.1, 0.15) is 5.60 Å². The van der Waals surface area contributed by atoms with Crippen molar-refractivity contribution in [3.8, 4) is 0 Å². The van der Waals surface area contributed by atoms with E-state index in [9.17, 15) is 14.4 Å². The van der Waals surface area contributed by atoms with Gasteiger partial charge in [-0.3, -0.25) is 14.4 Å². The molecule has 0 aromatic carbocycles. The molecular formula is C24H32O5. The second-order valence-corrected chi connectivity index (χ2v) is 10.6. The van der Waals surface area contributed by atoms with Crippen LogP contribution in [-0.4, -0.2) is 30.4 Å². The van der Waals surface area contributed by atoms with Crippen molar-refractivity contribution < 1.29 is 23.9 Å². The molecule has 0 aromatic rings. The van der Waals surface area contributed by atoms with Crippen molar-refractivity contribution in [2.24, 2.45) is 34.5 Å². The first kappa shape index (κ1) is 19.3. The zero-order valence-corrected chi connectivity index (χ0v) is 17.8. The summed E-state index contributed by atoms with van der Waals surface area (Å²) in [4.78, 5) is 37.1. The summed E-state index contributed by atoms with van der Waals surface area (Å²) in [5.41, 5.74) is 0.732. The number of esters is 2. The molecule has 5 heteroatoms. The lowest BCUT2D eigenvalue weighted by Gasteiger charge is -2.60. The van der Waals surface area contributed by atoms with Crippen molar-refractivity contribution in [1.82, 2.24) is 0 Å². The molecule has 1 aliphatic heterocycles. The summed E-state index contributed by atoms with van der Waals surface area (Å²) in [6.07, 6.45) is 9.25. The van der Waals surface area contributed by atoms with Gasteiger partial charge in [0.15, 0.2) is 5.78 Å². The summed E-state index contributed by atoms with van der Waals surface area (Å²) in [5, 5.41) is 0. The highest BCUT2D eigenvalue weighted by atomic mass is 16.6. The molecule has 1 spiro atoms. The fourth-order valence-corrected chi connectivity index (χ4v) is 8.25. The van der Waals surface area contributed by atoms with E-state index in [-0.39, 0.29) is 46.0 Å². The van der Waals surface area contributed by atoms with Crippen molar-refractivity contribution in [1.29, 1.82) is 0 Å². The lowest BCUT2D eigenvalue weighted by Crippen LogP contribution is -2.58. The van der Waals surface area contributed by atoms with Gasteiger partial charge in [-0.05, 0) is 74.2 Å². The van der Waals surface area contributed by atoms with Crippen molar-refractivity contribution >= 4 is 17.7 Å². The number of ketones is 1. The van der Waals surface area contributed by atoms with Gasteiger partial charge in [0.2, 0.25) is 0 Å². The van der Waals surface area contributed by atoms with Gasteiger partial charge in [-0.25, -0.2) is 0 Å². The highest BCUT2D eigenvalue weighted by molar-refractivity contribution is 5.92. The molecule has 4 aliphatic carbocycles. The van der Waals surface area contributed by atoms with E-state index in [1.165, 1.54) is 7.11 Å². The molecule has 0 amide bonds. The number of rotatable bonds is 1. The predicted molar refractivity (Wildman–Crippen MR) is 106 cm³/mol. The molecular weight excluding hydrogens is 368 g/mol. The Morgan fingerprint density at radius 1 is 1.07 bits per heavy atom. The first-order valence-electron chi connectivity index (χ1n) is 11.3. The molecule has 4 fully saturated rings. The van der Waals surface area contributed by atoms with Crippen LogP contribution in [0, 0.1) is 34.5 Å². The van der Waals surface area contributed by atoms with Gasteiger partial charge in [-0.15, -0.1) is 0 Å². The van der Waals surface area contributed by atoms with Gasteiger partial charge in [-0.1, -0.05) is 19.4 Å². The van der Waals surface area contributed by atoms with Crippen LogP contribution in [-0.2, 0) is 23.9 Å². The summed E-state index contributed by atoms with van der Waals surface area (Å²) in [7, 11) is 1.47. The van der Waals surface area contributed by atoms with Gasteiger partial charge < -0.3 is 9.47 Å². The Labute approximate surface area is 172 Å². The Balaban J connectivity index is 1.58. The maximum atomic E-state index is 12.9. The van der Waals surface area contributed by atoms with Crippen LogP contribution < -0.4 is 0 Å². The Kier molecular flexibility index (Phi) is 4.12. The largest absolute Gasteiger partial charge is 0.469 e. The van der Waals surface area contributed by atoms with E-state index in [0.29, 0.717) is 31.1 Å². The predicted octanol–water partition coefficient (Wildman–Crippen LogP) is 3.99. The molecule has 7 atom stereocenters. The normalized spacial score (nSPS) is 48.4. The highest BCUT2D eigenvalue weighted by Gasteiger charge is 2.69. The Hall–Kier alpha value is -1.65. The lowest BCUT2D eigenvalue weighted by molar-refractivity contribution is -0.177. The molecule has 29 heavy (non-hydrogen) atoms. The zero-order valence-electron chi connectivity index (χ0n) is 17.8. The number of carbonyl (C=O) groups is 3. The Morgan fingerprint density at radius 3 is 2.52 bits per heavy atom. The van der Waals surface area contributed by atoms with E-state index in [2.05, 4.69) is 13.8 Å². The average molecular weight is 401 g/mol. The van der Waals surface area contributed by atoms with Gasteiger partial charge in [-0.2, -0.15) is 0 Å². The van der Waals surface area contributed by atoms with Crippen LogP contribution in [0.25, 0.3) is 0 Å². The van der Waals surface area contributed by atoms with Gasteiger partial charge in [0.05, 0.1) is 13.0 Å². The maximum Gasteiger partial charge on any atom is 0.309 e. The summed E-state index contributed by atoms with van der Waals surface area (Å²) in [6.45, 7) is 4.63. The second-order valence-electron chi connectivity index (χ2n) is 10.6. The molecule has 1 heterocycles. The van der Waals surface area contributed by atoms with Crippen LogP contribution in [0.15, 0.2) is 11.6 Å². The first-order valence-corrected chi connectivity index (χ1v) is 11.3. The molecule has 0 radical (unpaired) electrons. The van der Waals surface area contributed by atoms with Gasteiger partial charge in [0.25, 0.3) is 0 Å². The van der Waals surface area contributed by atoms with E-state index < -0.39 is 0 Å². The standard InChI is InChI=1S/C24H32O5/c1-22-8-4-15(25)12-14(22)13-16(21(27)28-3)20-17(22)5-9-23(2)18(20)6-10-24(23)11-7-19(26)29-24/h12,16-18,20H,4-11,13H2,1-3H3/t16-,17?,18?,20?,22?,23?,24-/m1/s1. The number of allylic oxidation sites excluding steroid dienone is 1. The van der Waals surface area contributed by atoms with Crippen molar-refractivity contribution in [2.75, 3.05) is 7.11 Å². The van der Waals surface area contributed by atoms with Crippen molar-refractivity contribution in [3.05, 3.63) is 11.6 Å². The number of hydrogen-bond acceptors (Lipinski definition) is 5. The number of carbonyl (C=O) groups excluding carboxylic acids is 3.